The molecule has 0 radical (unpaired) electrons. The van der Waals surface area contributed by atoms with Crippen LogP contribution >= 0.6 is 15.9 Å². The zero-order valence-electron chi connectivity index (χ0n) is 81.0. The summed E-state index contributed by atoms with van der Waals surface area (Å²) in [5.74, 6) is 1.60. The predicted octanol–water partition coefficient (Wildman–Crippen LogP) is 15.3. The fourth-order valence-corrected chi connectivity index (χ4v) is 23.5. The van der Waals surface area contributed by atoms with Crippen molar-refractivity contribution in [1.29, 1.82) is 0 Å². The number of hydrogen-bond acceptors (Lipinski definition) is 25. The maximum Gasteiger partial charge on any atom is 1.00 e. The van der Waals surface area contributed by atoms with E-state index < -0.39 is 70.4 Å². The standard InChI is InChI=1S/C19H18FNO2.C16H25BO4.C12H24B2O4.C11H13F3O5S.C10H14O3.C9H5BrFN.C8H8F3NO4S2.C6H15N.CH3.Li.Pd.H/c20-15-1-2-18-17(9-15)16(3-4-21-18)12-7-13-10-19(11-14(13)8-12)22-5-6-23-19;1-14(2)15(3,4)21-17(20-14)13-7-11-9-16(10-12(11)8-13)18-5-6-19-16;1-9(2)10(3,4)16-13(15-9)14-17-11(5,6)12(7,8)18-14;12-11(13,14)20(15,16)19-9-3-7-5-10(6-8(7)4-9)17-1-2-18-10;11-9-3-7-5-10(6-8(7)4-9)12-1-2-13-10;10-8-3-4-12-9-2-1-6(11)5-7(8)9;1-17(13,14)12(7-5-3-2-4-6-7)18(15,16)8(9,10)11;1-5(2)7-6(3)4;;;;/h1-4,7,9,13-14H,5-6,8,10-11H2;7,11-12H,5-6,8-10H2,1-4H3;1-8H3;3,7-8H,1-2,4-6H2;7-8H,1-6H2;1-5H;2-6H,1H3;5-7H,1-4H3;1H3;;;/q;;;;;;;;-1;+1;;-1/t13-,14+;11-,12+;;2*7-,8+;;;;;;;/m11.1......../s1. The Balaban J connectivity index is 0.000000176. The zero-order chi connectivity index (χ0) is 96.4. The molecule has 20 rings (SSSR count). The molecule has 2 aromatic heterocycles. The van der Waals surface area contributed by atoms with Crippen molar-refractivity contribution in [2.24, 2.45) is 47.3 Å². The summed E-state index contributed by atoms with van der Waals surface area (Å²) in [7, 11) is -17.3. The summed E-state index contributed by atoms with van der Waals surface area (Å²) in [4.78, 5) is 19.6. The fraction of sp³-hybridized carbons (Fsp3) is 0.652. The van der Waals surface area contributed by atoms with E-state index in [0.717, 1.165) is 135 Å². The maximum atomic E-state index is 13.7. The molecule has 3 aromatic carbocycles. The van der Waals surface area contributed by atoms with Gasteiger partial charge in [0.25, 0.3) is 0 Å². The van der Waals surface area contributed by atoms with E-state index >= 15 is 0 Å². The summed E-state index contributed by atoms with van der Waals surface area (Å²) in [6.07, 6.45) is 20.7. The molecule has 12 fully saturated rings. The molecule has 15 aliphatic rings. The third kappa shape index (κ3) is 25.9. The Kier molecular flexibility index (Phi) is 35.7. The Labute approximate surface area is 825 Å². The van der Waals surface area contributed by atoms with E-state index in [9.17, 15) is 65.2 Å². The number of nitrogens with one attached hydrogen (secondary N) is 1. The second-order valence-corrected chi connectivity index (χ2v) is 46.2. The number of halogens is 9. The minimum atomic E-state index is -6.00. The predicted molar refractivity (Wildman–Crippen MR) is 491 cm³/mol. The number of ketones is 1. The average molecular weight is 2110 g/mol. The minimum Gasteiger partial charge on any atom is -1.00 e. The van der Waals surface area contributed by atoms with Crippen LogP contribution in [0.1, 0.15) is 201 Å². The number of alkyl halides is 6. The van der Waals surface area contributed by atoms with E-state index in [0.29, 0.717) is 98.9 Å². The summed E-state index contributed by atoms with van der Waals surface area (Å²) < 4.78 is 254. The molecular formula is C92H126B3BrF8LiN4O22PdS3-. The van der Waals surface area contributed by atoms with Gasteiger partial charge in [0.1, 0.15) is 23.2 Å². The Morgan fingerprint density at radius 2 is 0.852 bits per heavy atom. The molecule has 9 heterocycles. The smallest absolute Gasteiger partial charge is 1.00 e. The van der Waals surface area contributed by atoms with Crippen molar-refractivity contribution in [2.45, 2.75) is 274 Å². The summed E-state index contributed by atoms with van der Waals surface area (Å²) in [6.45, 7) is 38.6. The van der Waals surface area contributed by atoms with Crippen LogP contribution in [0.25, 0.3) is 27.4 Å². The first-order valence-electron chi connectivity index (χ1n) is 45.0. The van der Waals surface area contributed by atoms with Crippen molar-refractivity contribution < 1.29 is 176 Å². The van der Waals surface area contributed by atoms with Crippen LogP contribution in [0.3, 0.4) is 0 Å². The molecular weight excluding hydrogens is 1990 g/mol. The molecule has 7 aliphatic heterocycles. The van der Waals surface area contributed by atoms with E-state index in [1.165, 1.54) is 53.5 Å². The Morgan fingerprint density at radius 3 is 1.24 bits per heavy atom. The van der Waals surface area contributed by atoms with Gasteiger partial charge in [0, 0.05) is 131 Å². The number of benzene rings is 3. The van der Waals surface area contributed by atoms with Gasteiger partial charge in [-0.15, -0.1) is 0 Å². The van der Waals surface area contributed by atoms with Gasteiger partial charge in [0.15, 0.2) is 23.1 Å². The normalized spacial score (nSPS) is 27.3. The Morgan fingerprint density at radius 1 is 0.481 bits per heavy atom. The van der Waals surface area contributed by atoms with Gasteiger partial charge in [0.2, 0.25) is 10.0 Å². The summed E-state index contributed by atoms with van der Waals surface area (Å²) in [5, 5.41) is 5.01. The van der Waals surface area contributed by atoms with E-state index in [1.54, 1.807) is 30.5 Å². The second kappa shape index (κ2) is 42.9. The Hall–Kier alpha value is -4.41. The van der Waals surface area contributed by atoms with Crippen molar-refractivity contribution in [3.63, 3.8) is 0 Å². The van der Waals surface area contributed by atoms with Crippen LogP contribution in [0.4, 0.5) is 40.8 Å². The van der Waals surface area contributed by atoms with Crippen molar-refractivity contribution in [1.82, 2.24) is 15.3 Å². The van der Waals surface area contributed by atoms with Gasteiger partial charge in [-0.25, -0.2) is 17.2 Å². The number of carbonyl (C=O) groups is 1. The van der Waals surface area contributed by atoms with Gasteiger partial charge in [0.05, 0.1) is 109 Å². The van der Waals surface area contributed by atoms with Crippen molar-refractivity contribution in [2.75, 3.05) is 62.8 Å². The van der Waals surface area contributed by atoms with E-state index in [-0.39, 0.29) is 142 Å². The van der Waals surface area contributed by atoms with Crippen molar-refractivity contribution in [3.8, 4) is 0 Å². The number of Topliss-reactive ketones (excluding diaryl/α,β-unsaturated/α-hetero) is 1. The second-order valence-electron chi connectivity index (χ2n) is 40.0. The number of carbonyl (C=O) groups excluding carboxylic acids is 1. The number of allylic oxidation sites excluding steroid dienone is 6. The average Bonchev–Trinajstić information content (AvgIpc) is 1.45. The summed E-state index contributed by atoms with van der Waals surface area (Å²) >= 11 is 3.32. The van der Waals surface area contributed by atoms with Gasteiger partial charge in [-0.05, 0) is 227 Å². The van der Waals surface area contributed by atoms with Crippen LogP contribution in [0.2, 0.25) is 0 Å². The molecule has 135 heavy (non-hydrogen) atoms. The number of anilines is 1. The largest absolute Gasteiger partial charge is 1.00 e. The van der Waals surface area contributed by atoms with Gasteiger partial charge < -0.3 is 84.2 Å². The van der Waals surface area contributed by atoms with E-state index in [2.05, 4.69) is 103 Å². The van der Waals surface area contributed by atoms with Crippen molar-refractivity contribution >= 4 is 106 Å². The number of aromatic nitrogens is 2. The first-order valence-corrected chi connectivity index (χ1v) is 50.5. The molecule has 0 bridgehead atoms. The van der Waals surface area contributed by atoms with Gasteiger partial charge in [-0.2, -0.15) is 46.9 Å². The zero-order valence-corrected chi connectivity index (χ0v) is 85.6. The van der Waals surface area contributed by atoms with Gasteiger partial charge >= 0.3 is 71.2 Å². The van der Waals surface area contributed by atoms with Crippen LogP contribution in [-0.2, 0) is 125 Å². The van der Waals surface area contributed by atoms with Crippen LogP contribution in [0.15, 0.2) is 125 Å². The number of para-hydroxylation sites is 1. The fourth-order valence-electron chi connectivity index (χ4n) is 19.8. The van der Waals surface area contributed by atoms with E-state index in [4.69, 9.17) is 65.8 Å². The number of hydrogen-bond donors (Lipinski definition) is 1. The monoisotopic (exact) mass is 2110 g/mol. The molecule has 4 spiro atoms. The first-order chi connectivity index (χ1) is 61.3. The SMILES string of the molecule is CC(C)NC(C)C.CC1(C)OB(B2OC(C)(C)C(C)(C)O2)OC1(C)C.CC1(C)OB(C2=C[C@@H]3CC4(C[C@@H]3C2)OCCO4)OC1(C)C.CS(=O)(=O)N(c1ccccc1)S(=O)(=O)C(F)(F)F.Fc1ccc2nccc(Br)c2c1.Fc1ccc2nccc(C3=C[C@@H]4CC5(C[C@@H]4C3)OCCO5)c2c1.O=C1C[C@@H]2CC3(C[C@@H]2C1)OCCO3.O=S(=O)(OC1=C[C@@H]2CC3(C[C@@H]2C1)OCCO3)C(F)(F)F.[CH3-].[H-].[Li+].[Pd]. The number of fused-ring (bicyclic) bond motifs is 6. The molecule has 5 aromatic rings. The molecule has 26 nitrogen and oxygen atoms in total. The molecule has 1 N–H and O–H groups in total. The molecule has 8 aliphatic carbocycles. The molecule has 0 unspecified atom stereocenters. The number of pyridine rings is 2. The molecule has 0 amide bonds. The van der Waals surface area contributed by atoms with Gasteiger partial charge in [-0.3, -0.25) is 14.8 Å². The third-order valence-corrected chi connectivity index (χ3v) is 33.0. The van der Waals surface area contributed by atoms with Crippen LogP contribution < -0.4 is 27.9 Å². The van der Waals surface area contributed by atoms with Crippen LogP contribution in [-0.4, -0.2) is 201 Å². The van der Waals surface area contributed by atoms with Crippen LogP contribution in [0.5, 0.6) is 0 Å². The Bertz CT molecular complexity index is 5320. The first kappa shape index (κ1) is 113. The molecule has 5 saturated carbocycles. The number of ether oxygens (including phenoxy) is 8. The number of nitrogens with zero attached hydrogens (tertiary/aromatic N) is 3. The third-order valence-electron chi connectivity index (χ3n) is 27.9. The number of rotatable bonds is 10. The van der Waals surface area contributed by atoms with Crippen LogP contribution in [0, 0.1) is 66.4 Å². The van der Waals surface area contributed by atoms with Gasteiger partial charge in [-0.1, -0.05) is 74.0 Å². The van der Waals surface area contributed by atoms with E-state index in [1.807, 2.05) is 67.7 Å². The molecule has 8 atom stereocenters. The quantitative estimate of drug-likeness (QED) is 0.0446. The summed E-state index contributed by atoms with van der Waals surface area (Å²) in [6, 6.07) is 20.1. The van der Waals surface area contributed by atoms with Crippen molar-refractivity contribution in [3.05, 3.63) is 150 Å². The maximum absolute atomic E-state index is 13.7. The minimum absolute atomic E-state index is 0. The summed E-state index contributed by atoms with van der Waals surface area (Å²) in [5.41, 5.74) is -8.26. The molecule has 7 saturated heterocycles. The number of sulfonamides is 2. The molecule has 43 heteroatoms. The molecule has 748 valence electrons. The topological polar surface area (TPSA) is 299 Å².